The van der Waals surface area contributed by atoms with E-state index >= 15 is 0 Å². The van der Waals surface area contributed by atoms with Crippen molar-refractivity contribution in [1.82, 2.24) is 20.0 Å². The van der Waals surface area contributed by atoms with Gasteiger partial charge in [0.25, 0.3) is 0 Å². The summed E-state index contributed by atoms with van der Waals surface area (Å²) < 4.78 is 6.24. The highest BCUT2D eigenvalue weighted by atomic mass is 16.5. The molecule has 2 amide bonds. The number of nitrogens with zero attached hydrogens (tertiary/aromatic N) is 3. The lowest BCUT2D eigenvalue weighted by molar-refractivity contribution is -0.142. The molecule has 2 aromatic rings. The van der Waals surface area contributed by atoms with E-state index in [2.05, 4.69) is 42.2 Å². The molecule has 5 rings (SSSR count). The lowest BCUT2D eigenvalue weighted by atomic mass is 9.76. The predicted molar refractivity (Wildman–Crippen MR) is 110 cm³/mol. The number of aryl methyl sites for hydroxylation is 2. The minimum Gasteiger partial charge on any atom is -0.360 e. The molecule has 2 fully saturated rings. The molecule has 1 aromatic carbocycles. The summed E-state index contributed by atoms with van der Waals surface area (Å²) in [5.41, 5.74) is 3.71. The van der Waals surface area contributed by atoms with Crippen molar-refractivity contribution in [2.24, 2.45) is 11.8 Å². The zero-order valence-corrected chi connectivity index (χ0v) is 17.5. The van der Waals surface area contributed by atoms with Gasteiger partial charge in [0.15, 0.2) is 0 Å². The van der Waals surface area contributed by atoms with E-state index in [9.17, 15) is 9.59 Å². The van der Waals surface area contributed by atoms with Gasteiger partial charge in [-0.1, -0.05) is 30.4 Å². The summed E-state index contributed by atoms with van der Waals surface area (Å²) in [4.78, 5) is 30.2. The number of amides is 2. The molecule has 0 radical (unpaired) electrons. The number of carbonyl (C=O) groups excluding carboxylic acids is 2. The maximum atomic E-state index is 13.4. The van der Waals surface area contributed by atoms with Gasteiger partial charge in [-0.3, -0.25) is 14.7 Å². The fourth-order valence-corrected chi connectivity index (χ4v) is 5.08. The van der Waals surface area contributed by atoms with Gasteiger partial charge in [-0.2, -0.15) is 5.10 Å². The van der Waals surface area contributed by atoms with Crippen molar-refractivity contribution in [3.8, 4) is 0 Å². The Labute approximate surface area is 175 Å². The maximum Gasteiger partial charge on any atom is 0.230 e. The highest BCUT2D eigenvalue weighted by molar-refractivity contribution is 5.93. The van der Waals surface area contributed by atoms with Crippen molar-refractivity contribution in [3.05, 3.63) is 65.0 Å². The lowest BCUT2D eigenvalue weighted by Crippen LogP contribution is -2.44. The van der Waals surface area contributed by atoms with Crippen LogP contribution in [0.1, 0.15) is 22.4 Å². The lowest BCUT2D eigenvalue weighted by Gasteiger charge is -2.27. The van der Waals surface area contributed by atoms with Crippen LogP contribution in [0, 0.1) is 25.7 Å². The van der Waals surface area contributed by atoms with E-state index in [4.69, 9.17) is 4.74 Å². The number of hydrogen-bond acceptors (Lipinski definition) is 4. The van der Waals surface area contributed by atoms with Crippen LogP contribution in [-0.2, 0) is 27.4 Å². The van der Waals surface area contributed by atoms with E-state index < -0.39 is 17.4 Å². The average Bonchev–Trinajstić information content (AvgIpc) is 3.47. The molecule has 7 nitrogen and oxygen atoms in total. The second kappa shape index (κ2) is 6.80. The Morgan fingerprint density at radius 2 is 2.17 bits per heavy atom. The Hall–Kier alpha value is -2.93. The van der Waals surface area contributed by atoms with Crippen LogP contribution in [0.5, 0.6) is 0 Å². The van der Waals surface area contributed by atoms with Gasteiger partial charge < -0.3 is 14.5 Å². The molecule has 0 saturated carbocycles. The Morgan fingerprint density at radius 1 is 1.33 bits per heavy atom. The Bertz CT molecular complexity index is 1030. The summed E-state index contributed by atoms with van der Waals surface area (Å²) in [7, 11) is 1.76. The molecular formula is C23H26N4O3. The average molecular weight is 406 g/mol. The van der Waals surface area contributed by atoms with Crippen molar-refractivity contribution in [1.29, 1.82) is 0 Å². The molecule has 2 bridgehead atoms. The van der Waals surface area contributed by atoms with Crippen molar-refractivity contribution in [2.45, 2.75) is 38.6 Å². The number of nitrogens with one attached hydrogen (secondary N) is 1. The molecule has 30 heavy (non-hydrogen) atoms. The summed E-state index contributed by atoms with van der Waals surface area (Å²) in [5, 5.41) is 6.82. The molecule has 1 aromatic heterocycles. The van der Waals surface area contributed by atoms with Crippen LogP contribution >= 0.6 is 0 Å². The number of ether oxygens (including phenoxy) is 1. The van der Waals surface area contributed by atoms with Gasteiger partial charge in [0.05, 0.1) is 36.7 Å². The highest BCUT2D eigenvalue weighted by Crippen LogP contribution is 2.52. The number of benzene rings is 1. The zero-order chi connectivity index (χ0) is 21.0. The van der Waals surface area contributed by atoms with Crippen LogP contribution in [0.4, 0.5) is 0 Å². The number of H-pyrrole nitrogens is 1. The fourth-order valence-electron chi connectivity index (χ4n) is 5.08. The SMILES string of the molecule is Cc1ccc(CN2C[C@]34C=C[C@H](O3)C(C(=O)N(C)Cc3ccn[nH]3)C4C2=O)cc1C. The minimum absolute atomic E-state index is 0.00775. The topological polar surface area (TPSA) is 78.5 Å². The largest absolute Gasteiger partial charge is 0.360 e. The molecule has 3 aliphatic rings. The molecular weight excluding hydrogens is 380 g/mol. The molecule has 1 spiro atoms. The van der Waals surface area contributed by atoms with Crippen molar-refractivity contribution >= 4 is 11.8 Å². The number of likely N-dealkylation sites (tertiary alicyclic amines) is 1. The van der Waals surface area contributed by atoms with E-state index in [0.717, 1.165) is 11.3 Å². The van der Waals surface area contributed by atoms with Crippen LogP contribution in [0.3, 0.4) is 0 Å². The fraction of sp³-hybridized carbons (Fsp3) is 0.435. The van der Waals surface area contributed by atoms with Gasteiger partial charge in [0.1, 0.15) is 5.60 Å². The van der Waals surface area contributed by atoms with E-state index in [0.29, 0.717) is 19.6 Å². The third-order valence-corrected chi connectivity index (χ3v) is 6.75. The number of hydrogen-bond donors (Lipinski definition) is 1. The molecule has 1 N–H and O–H groups in total. The van der Waals surface area contributed by atoms with E-state index in [1.54, 1.807) is 18.1 Å². The van der Waals surface area contributed by atoms with E-state index in [1.165, 1.54) is 11.1 Å². The van der Waals surface area contributed by atoms with Gasteiger partial charge in [-0.05, 0) is 36.6 Å². The third kappa shape index (κ3) is 2.88. The van der Waals surface area contributed by atoms with Gasteiger partial charge in [-0.15, -0.1) is 0 Å². The summed E-state index contributed by atoms with van der Waals surface area (Å²) in [6.07, 6.45) is 5.28. The van der Waals surface area contributed by atoms with Gasteiger partial charge in [0.2, 0.25) is 11.8 Å². The summed E-state index contributed by atoms with van der Waals surface area (Å²) in [5.74, 6) is -1.00. The molecule has 3 aliphatic heterocycles. The number of aromatic amines is 1. The summed E-state index contributed by atoms with van der Waals surface area (Å²) >= 11 is 0. The smallest absolute Gasteiger partial charge is 0.230 e. The van der Waals surface area contributed by atoms with Gasteiger partial charge in [-0.25, -0.2) is 0 Å². The minimum atomic E-state index is -0.684. The molecule has 2 saturated heterocycles. The Kier molecular flexibility index (Phi) is 4.32. The van der Waals surface area contributed by atoms with Crippen LogP contribution in [0.25, 0.3) is 0 Å². The molecule has 7 heteroatoms. The first kappa shape index (κ1) is 19.1. The normalized spacial score (nSPS) is 29.0. The highest BCUT2D eigenvalue weighted by Gasteiger charge is 2.67. The van der Waals surface area contributed by atoms with Crippen LogP contribution in [-0.4, -0.2) is 57.1 Å². The Morgan fingerprint density at radius 3 is 2.90 bits per heavy atom. The quantitative estimate of drug-likeness (QED) is 0.770. The molecule has 156 valence electrons. The first-order chi connectivity index (χ1) is 14.4. The molecule has 2 unspecified atom stereocenters. The number of fused-ring (bicyclic) bond motifs is 1. The van der Waals surface area contributed by atoms with Crippen LogP contribution in [0.2, 0.25) is 0 Å². The molecule has 4 atom stereocenters. The monoisotopic (exact) mass is 406 g/mol. The first-order valence-electron chi connectivity index (χ1n) is 10.3. The van der Waals surface area contributed by atoms with Crippen molar-refractivity contribution in [2.75, 3.05) is 13.6 Å². The summed E-state index contributed by atoms with van der Waals surface area (Å²) in [6, 6.07) is 8.12. The third-order valence-electron chi connectivity index (χ3n) is 6.75. The van der Waals surface area contributed by atoms with E-state index in [-0.39, 0.29) is 17.9 Å². The number of aromatic nitrogens is 2. The predicted octanol–water partition coefficient (Wildman–Crippen LogP) is 1.97. The van der Waals surface area contributed by atoms with Crippen molar-refractivity contribution < 1.29 is 14.3 Å². The standard InChI is InChI=1S/C23H26N4O3/c1-14-4-5-16(10-15(14)2)11-27-13-23-8-6-18(30-23)19(20(23)22(27)29)21(28)26(3)12-17-7-9-24-25-17/h4-10,18-20H,11-13H2,1-3H3,(H,24,25)/t18-,19?,20?,23-/m0/s1. The Balaban J connectivity index is 1.36. The summed E-state index contributed by atoms with van der Waals surface area (Å²) in [6.45, 7) is 5.61. The second-order valence-corrected chi connectivity index (χ2v) is 8.79. The molecule has 0 aliphatic carbocycles. The van der Waals surface area contributed by atoms with Crippen LogP contribution < -0.4 is 0 Å². The first-order valence-corrected chi connectivity index (χ1v) is 10.3. The number of rotatable bonds is 5. The maximum absolute atomic E-state index is 13.4. The van der Waals surface area contributed by atoms with Crippen molar-refractivity contribution in [3.63, 3.8) is 0 Å². The van der Waals surface area contributed by atoms with E-state index in [1.807, 2.05) is 23.1 Å². The molecule has 4 heterocycles. The van der Waals surface area contributed by atoms with Gasteiger partial charge in [0, 0.05) is 19.8 Å². The van der Waals surface area contributed by atoms with Crippen LogP contribution in [0.15, 0.2) is 42.6 Å². The van der Waals surface area contributed by atoms with Gasteiger partial charge >= 0.3 is 0 Å². The zero-order valence-electron chi connectivity index (χ0n) is 17.5. The second-order valence-electron chi connectivity index (χ2n) is 8.79. The number of carbonyl (C=O) groups is 2.